The van der Waals surface area contributed by atoms with Crippen molar-refractivity contribution in [1.82, 2.24) is 9.78 Å². The number of nitrogens with one attached hydrogen (secondary N) is 1. The largest absolute Gasteiger partial charge is 0.265 e. The van der Waals surface area contributed by atoms with Gasteiger partial charge in [0, 0.05) is 11.2 Å². The minimum absolute atomic E-state index is 0.102. The highest BCUT2D eigenvalue weighted by Gasteiger charge is 2.17. The van der Waals surface area contributed by atoms with Crippen LogP contribution < -0.4 is 4.72 Å². The fourth-order valence-corrected chi connectivity index (χ4v) is 3.92. The van der Waals surface area contributed by atoms with Gasteiger partial charge in [-0.05, 0) is 17.2 Å². The lowest BCUT2D eigenvalue weighted by atomic mass is 10.2. The predicted molar refractivity (Wildman–Crippen MR) is 100 cm³/mol. The van der Waals surface area contributed by atoms with Gasteiger partial charge in [0.05, 0.1) is 12.3 Å². The summed E-state index contributed by atoms with van der Waals surface area (Å²) >= 11 is 12.2. The average Bonchev–Trinajstić information content (AvgIpc) is 2.89. The second-order valence-corrected chi connectivity index (χ2v) is 8.00. The molecule has 0 aliphatic rings. The van der Waals surface area contributed by atoms with E-state index in [2.05, 4.69) is 9.82 Å². The summed E-state index contributed by atoms with van der Waals surface area (Å²) in [4.78, 5) is 0. The number of benzene rings is 2. The van der Waals surface area contributed by atoms with Crippen LogP contribution in [0.5, 0.6) is 0 Å². The molecule has 2 aromatic carbocycles. The van der Waals surface area contributed by atoms with E-state index in [0.717, 1.165) is 5.56 Å². The first-order valence-electron chi connectivity index (χ1n) is 7.44. The fourth-order valence-electron chi connectivity index (χ4n) is 2.33. The first-order chi connectivity index (χ1) is 11.9. The van der Waals surface area contributed by atoms with Gasteiger partial charge in [0.15, 0.2) is 5.82 Å². The quantitative estimate of drug-likeness (QED) is 0.680. The molecule has 0 aliphatic carbocycles. The standard InChI is InChI=1S/C17H15Cl2N3O2S/c18-15-9-5-4-8-14(15)10-22-11-16(19)17(20-22)21-25(23,24)12-13-6-2-1-3-7-13/h1-9,11H,10,12H2,(H,20,21). The van der Waals surface area contributed by atoms with Gasteiger partial charge < -0.3 is 0 Å². The van der Waals surface area contributed by atoms with Crippen LogP contribution in [0.25, 0.3) is 0 Å². The second-order valence-electron chi connectivity index (χ2n) is 5.46. The molecule has 8 heteroatoms. The van der Waals surface area contributed by atoms with Gasteiger partial charge in [-0.1, -0.05) is 71.7 Å². The van der Waals surface area contributed by atoms with Gasteiger partial charge in [-0.15, -0.1) is 0 Å². The molecule has 3 rings (SSSR count). The summed E-state index contributed by atoms with van der Waals surface area (Å²) in [6, 6.07) is 16.3. The smallest absolute Gasteiger partial charge is 0.238 e. The normalized spacial score (nSPS) is 11.4. The highest BCUT2D eigenvalue weighted by atomic mass is 35.5. The van der Waals surface area contributed by atoms with Crippen molar-refractivity contribution in [3.05, 3.63) is 82.0 Å². The van der Waals surface area contributed by atoms with Gasteiger partial charge in [0.1, 0.15) is 5.02 Å². The van der Waals surface area contributed by atoms with Crippen molar-refractivity contribution in [2.24, 2.45) is 0 Å². The van der Waals surface area contributed by atoms with Crippen LogP contribution >= 0.6 is 23.2 Å². The zero-order valence-corrected chi connectivity index (χ0v) is 15.4. The molecule has 0 bridgehead atoms. The second kappa shape index (κ2) is 7.47. The van der Waals surface area contributed by atoms with E-state index < -0.39 is 10.0 Å². The van der Waals surface area contributed by atoms with E-state index >= 15 is 0 Å². The van der Waals surface area contributed by atoms with E-state index in [1.165, 1.54) is 0 Å². The zero-order valence-electron chi connectivity index (χ0n) is 13.1. The summed E-state index contributed by atoms with van der Waals surface area (Å²) in [5.74, 6) is -0.0497. The monoisotopic (exact) mass is 395 g/mol. The first-order valence-corrected chi connectivity index (χ1v) is 9.84. The number of sulfonamides is 1. The summed E-state index contributed by atoms with van der Waals surface area (Å²) < 4.78 is 28.6. The molecule has 5 nitrogen and oxygen atoms in total. The van der Waals surface area contributed by atoms with Crippen LogP contribution in [0, 0.1) is 0 Å². The summed E-state index contributed by atoms with van der Waals surface area (Å²) in [6.45, 7) is 0.389. The lowest BCUT2D eigenvalue weighted by molar-refractivity contribution is 0.600. The first kappa shape index (κ1) is 17.8. The fraction of sp³-hybridized carbons (Fsp3) is 0.118. The van der Waals surface area contributed by atoms with Crippen molar-refractivity contribution in [3.63, 3.8) is 0 Å². The van der Waals surface area contributed by atoms with Crippen LogP contribution in [-0.2, 0) is 22.3 Å². The third-order valence-electron chi connectivity index (χ3n) is 3.46. The Balaban J connectivity index is 1.75. The Morgan fingerprint density at radius 3 is 2.36 bits per heavy atom. The van der Waals surface area contributed by atoms with Crippen molar-refractivity contribution in [2.45, 2.75) is 12.3 Å². The maximum Gasteiger partial charge on any atom is 0.238 e. The lowest BCUT2D eigenvalue weighted by Gasteiger charge is -2.06. The molecule has 0 fully saturated rings. The number of nitrogens with zero attached hydrogens (tertiary/aromatic N) is 2. The third-order valence-corrected chi connectivity index (χ3v) is 5.32. The van der Waals surface area contributed by atoms with E-state index in [4.69, 9.17) is 23.2 Å². The van der Waals surface area contributed by atoms with Crippen LogP contribution in [0.4, 0.5) is 5.82 Å². The van der Waals surface area contributed by atoms with Crippen molar-refractivity contribution in [3.8, 4) is 0 Å². The van der Waals surface area contributed by atoms with Crippen LogP contribution in [0.15, 0.2) is 60.8 Å². The van der Waals surface area contributed by atoms with Gasteiger partial charge in [-0.3, -0.25) is 9.40 Å². The van der Waals surface area contributed by atoms with E-state index in [1.54, 1.807) is 41.2 Å². The van der Waals surface area contributed by atoms with Crippen molar-refractivity contribution in [2.75, 3.05) is 4.72 Å². The maximum absolute atomic E-state index is 12.3. The highest BCUT2D eigenvalue weighted by molar-refractivity contribution is 7.91. The Hall–Kier alpha value is -2.02. The maximum atomic E-state index is 12.3. The van der Waals surface area contributed by atoms with Crippen LogP contribution in [-0.4, -0.2) is 18.2 Å². The number of rotatable bonds is 6. The number of aromatic nitrogens is 2. The number of anilines is 1. The molecule has 3 aromatic rings. The molecular weight excluding hydrogens is 381 g/mol. The Kier molecular flexibility index (Phi) is 5.32. The van der Waals surface area contributed by atoms with Crippen LogP contribution in [0.3, 0.4) is 0 Å². The molecule has 0 amide bonds. The van der Waals surface area contributed by atoms with E-state index in [-0.39, 0.29) is 16.6 Å². The number of hydrogen-bond acceptors (Lipinski definition) is 3. The summed E-state index contributed by atoms with van der Waals surface area (Å²) in [5.41, 5.74) is 1.55. The summed E-state index contributed by atoms with van der Waals surface area (Å²) in [5, 5.41) is 5.05. The molecule has 1 N–H and O–H groups in total. The van der Waals surface area contributed by atoms with Crippen LogP contribution in [0.2, 0.25) is 10.0 Å². The SMILES string of the molecule is O=S(=O)(Cc1ccccc1)Nc1nn(Cc2ccccc2Cl)cc1Cl. The van der Waals surface area contributed by atoms with E-state index in [1.807, 2.05) is 24.3 Å². The van der Waals surface area contributed by atoms with E-state index in [9.17, 15) is 8.42 Å². The molecule has 1 aromatic heterocycles. The Morgan fingerprint density at radius 1 is 0.960 bits per heavy atom. The Morgan fingerprint density at radius 2 is 1.64 bits per heavy atom. The molecule has 25 heavy (non-hydrogen) atoms. The van der Waals surface area contributed by atoms with E-state index in [0.29, 0.717) is 17.1 Å². The van der Waals surface area contributed by atoms with Crippen LogP contribution in [0.1, 0.15) is 11.1 Å². The van der Waals surface area contributed by atoms with Gasteiger partial charge in [-0.2, -0.15) is 5.10 Å². The highest BCUT2D eigenvalue weighted by Crippen LogP contribution is 2.23. The Bertz CT molecular complexity index is 973. The van der Waals surface area contributed by atoms with Crippen molar-refractivity contribution < 1.29 is 8.42 Å². The van der Waals surface area contributed by atoms with Crippen molar-refractivity contribution >= 4 is 39.0 Å². The minimum atomic E-state index is -3.61. The minimum Gasteiger partial charge on any atom is -0.265 e. The summed E-state index contributed by atoms with van der Waals surface area (Å²) in [7, 11) is -3.61. The molecule has 0 atom stereocenters. The number of hydrogen-bond donors (Lipinski definition) is 1. The molecule has 0 saturated carbocycles. The summed E-state index contributed by atoms with van der Waals surface area (Å²) in [6.07, 6.45) is 1.56. The predicted octanol–water partition coefficient (Wildman–Crippen LogP) is 4.18. The molecule has 1 heterocycles. The molecule has 0 unspecified atom stereocenters. The molecule has 130 valence electrons. The third kappa shape index (κ3) is 4.75. The zero-order chi connectivity index (χ0) is 17.9. The molecule has 0 aliphatic heterocycles. The van der Waals surface area contributed by atoms with Gasteiger partial charge in [0.25, 0.3) is 0 Å². The molecule has 0 saturated heterocycles. The molecule has 0 spiro atoms. The average molecular weight is 396 g/mol. The van der Waals surface area contributed by atoms with Crippen molar-refractivity contribution in [1.29, 1.82) is 0 Å². The molecular formula is C17H15Cl2N3O2S. The van der Waals surface area contributed by atoms with Gasteiger partial charge in [0.2, 0.25) is 10.0 Å². The lowest BCUT2D eigenvalue weighted by Crippen LogP contribution is -2.16. The number of halogens is 2. The topological polar surface area (TPSA) is 64.0 Å². The van der Waals surface area contributed by atoms with Gasteiger partial charge >= 0.3 is 0 Å². The Labute approximate surface area is 156 Å². The van der Waals surface area contributed by atoms with Gasteiger partial charge in [-0.25, -0.2) is 8.42 Å². The molecule has 0 radical (unpaired) electrons.